The van der Waals surface area contributed by atoms with E-state index in [-0.39, 0.29) is 6.10 Å². The van der Waals surface area contributed by atoms with Crippen molar-refractivity contribution in [2.75, 3.05) is 26.1 Å². The summed E-state index contributed by atoms with van der Waals surface area (Å²) in [4.78, 5) is 8.31. The molecule has 0 bridgehead atoms. The summed E-state index contributed by atoms with van der Waals surface area (Å²) in [6.45, 7) is 4.67. The van der Waals surface area contributed by atoms with E-state index in [1.807, 2.05) is 13.8 Å². The second-order valence-electron chi connectivity index (χ2n) is 4.11. The minimum Gasteiger partial charge on any atom is -0.390 e. The standard InChI is InChI=1S/C12H20N2O3S/c1-9-4-13-12(14-5-9)18-8-11(15)7-17-10(2)6-16-3/h4-5,10-11,15H,6-8H2,1-3H3. The molecule has 1 N–H and O–H groups in total. The number of ether oxygens (including phenoxy) is 2. The van der Waals surface area contributed by atoms with Gasteiger partial charge in [-0.15, -0.1) is 0 Å². The van der Waals surface area contributed by atoms with E-state index in [0.717, 1.165) is 5.56 Å². The van der Waals surface area contributed by atoms with Gasteiger partial charge in [0.1, 0.15) is 0 Å². The molecule has 0 spiro atoms. The van der Waals surface area contributed by atoms with Crippen molar-refractivity contribution in [3.63, 3.8) is 0 Å². The Morgan fingerprint density at radius 3 is 2.61 bits per heavy atom. The zero-order valence-electron chi connectivity index (χ0n) is 11.0. The van der Waals surface area contributed by atoms with Gasteiger partial charge in [0.05, 0.1) is 25.4 Å². The van der Waals surface area contributed by atoms with Gasteiger partial charge in [-0.25, -0.2) is 9.97 Å². The topological polar surface area (TPSA) is 64.5 Å². The van der Waals surface area contributed by atoms with E-state index < -0.39 is 6.10 Å². The smallest absolute Gasteiger partial charge is 0.187 e. The summed E-state index contributed by atoms with van der Waals surface area (Å²) in [5, 5.41) is 10.4. The Morgan fingerprint density at radius 2 is 2.00 bits per heavy atom. The Kier molecular flexibility index (Phi) is 7.19. The molecule has 0 aliphatic rings. The summed E-state index contributed by atoms with van der Waals surface area (Å²) in [5.41, 5.74) is 1.02. The number of methoxy groups -OCH3 is 1. The molecule has 1 heterocycles. The summed E-state index contributed by atoms with van der Waals surface area (Å²) in [7, 11) is 1.63. The molecule has 0 saturated heterocycles. The maximum atomic E-state index is 9.74. The Balaban J connectivity index is 2.20. The van der Waals surface area contributed by atoms with E-state index in [1.165, 1.54) is 11.8 Å². The summed E-state index contributed by atoms with van der Waals surface area (Å²) in [6, 6.07) is 0. The lowest BCUT2D eigenvalue weighted by Crippen LogP contribution is -2.24. The number of aromatic nitrogens is 2. The number of nitrogens with zero attached hydrogens (tertiary/aromatic N) is 2. The van der Waals surface area contributed by atoms with Crippen LogP contribution in [0.25, 0.3) is 0 Å². The lowest BCUT2D eigenvalue weighted by Gasteiger charge is -2.15. The highest BCUT2D eigenvalue weighted by atomic mass is 32.2. The van der Waals surface area contributed by atoms with Crippen LogP contribution >= 0.6 is 11.8 Å². The fourth-order valence-corrected chi connectivity index (χ4v) is 1.92. The van der Waals surface area contributed by atoms with Crippen LogP contribution in [0.5, 0.6) is 0 Å². The van der Waals surface area contributed by atoms with Crippen LogP contribution < -0.4 is 0 Å². The average Bonchev–Trinajstić information content (AvgIpc) is 2.36. The van der Waals surface area contributed by atoms with Crippen molar-refractivity contribution in [1.29, 1.82) is 0 Å². The van der Waals surface area contributed by atoms with Crippen molar-refractivity contribution < 1.29 is 14.6 Å². The predicted octanol–water partition coefficient (Wildman–Crippen LogP) is 1.29. The van der Waals surface area contributed by atoms with Crippen molar-refractivity contribution >= 4 is 11.8 Å². The SMILES string of the molecule is COCC(C)OCC(O)CSc1ncc(C)cn1. The first kappa shape index (κ1) is 15.4. The maximum Gasteiger partial charge on any atom is 0.187 e. The van der Waals surface area contributed by atoms with Crippen LogP contribution in [0.2, 0.25) is 0 Å². The van der Waals surface area contributed by atoms with Gasteiger partial charge in [-0.05, 0) is 19.4 Å². The van der Waals surface area contributed by atoms with Crippen molar-refractivity contribution in [2.24, 2.45) is 0 Å². The third-order valence-electron chi connectivity index (χ3n) is 2.14. The Labute approximate surface area is 112 Å². The minimum absolute atomic E-state index is 0.00900. The second-order valence-corrected chi connectivity index (χ2v) is 5.09. The zero-order chi connectivity index (χ0) is 13.4. The van der Waals surface area contributed by atoms with Crippen LogP contribution in [0.4, 0.5) is 0 Å². The van der Waals surface area contributed by atoms with Gasteiger partial charge >= 0.3 is 0 Å². The van der Waals surface area contributed by atoms with Crippen LogP contribution in [0.3, 0.4) is 0 Å². The Bertz CT molecular complexity index is 335. The molecule has 0 amide bonds. The normalized spacial score (nSPS) is 14.4. The molecule has 0 saturated carbocycles. The molecule has 0 aromatic carbocycles. The van der Waals surface area contributed by atoms with Crippen molar-refractivity contribution in [2.45, 2.75) is 31.2 Å². The van der Waals surface area contributed by atoms with Crippen molar-refractivity contribution in [1.82, 2.24) is 9.97 Å². The van der Waals surface area contributed by atoms with Crippen molar-refractivity contribution in [3.05, 3.63) is 18.0 Å². The number of aliphatic hydroxyl groups is 1. The van der Waals surface area contributed by atoms with E-state index in [2.05, 4.69) is 9.97 Å². The largest absolute Gasteiger partial charge is 0.390 e. The van der Waals surface area contributed by atoms with E-state index >= 15 is 0 Å². The molecule has 1 aromatic rings. The third-order valence-corrected chi connectivity index (χ3v) is 3.16. The molecule has 0 aliphatic carbocycles. The molecule has 102 valence electrons. The highest BCUT2D eigenvalue weighted by Gasteiger charge is 2.09. The van der Waals surface area contributed by atoms with Crippen LogP contribution in [-0.2, 0) is 9.47 Å². The highest BCUT2D eigenvalue weighted by Crippen LogP contribution is 2.13. The number of aryl methyl sites for hydroxylation is 1. The highest BCUT2D eigenvalue weighted by molar-refractivity contribution is 7.99. The van der Waals surface area contributed by atoms with Gasteiger partial charge in [0, 0.05) is 25.3 Å². The molecule has 5 nitrogen and oxygen atoms in total. The van der Waals surface area contributed by atoms with Gasteiger partial charge in [0.25, 0.3) is 0 Å². The molecular weight excluding hydrogens is 252 g/mol. The zero-order valence-corrected chi connectivity index (χ0v) is 11.8. The number of rotatable bonds is 8. The average molecular weight is 272 g/mol. The molecule has 1 rings (SSSR count). The Morgan fingerprint density at radius 1 is 1.33 bits per heavy atom. The van der Waals surface area contributed by atoms with Gasteiger partial charge in [0.2, 0.25) is 0 Å². The molecule has 0 radical (unpaired) electrons. The van der Waals surface area contributed by atoms with Gasteiger partial charge < -0.3 is 14.6 Å². The van der Waals surface area contributed by atoms with Crippen molar-refractivity contribution in [3.8, 4) is 0 Å². The fourth-order valence-electron chi connectivity index (χ4n) is 1.23. The van der Waals surface area contributed by atoms with E-state index in [1.54, 1.807) is 19.5 Å². The summed E-state index contributed by atoms with van der Waals surface area (Å²) < 4.78 is 10.4. The molecule has 0 fully saturated rings. The molecule has 1 aromatic heterocycles. The molecular formula is C12H20N2O3S. The van der Waals surface area contributed by atoms with Gasteiger partial charge in [-0.1, -0.05) is 11.8 Å². The molecule has 2 unspecified atom stereocenters. The number of hydrogen-bond donors (Lipinski definition) is 1. The molecule has 0 aliphatic heterocycles. The van der Waals surface area contributed by atoms with E-state index in [9.17, 15) is 5.11 Å². The first-order valence-electron chi connectivity index (χ1n) is 5.82. The second kappa shape index (κ2) is 8.42. The molecule has 6 heteroatoms. The first-order valence-corrected chi connectivity index (χ1v) is 6.80. The van der Waals surface area contributed by atoms with Gasteiger partial charge in [-0.3, -0.25) is 0 Å². The van der Waals surface area contributed by atoms with Crippen LogP contribution in [0.1, 0.15) is 12.5 Å². The predicted molar refractivity (Wildman–Crippen MR) is 70.8 cm³/mol. The van der Waals surface area contributed by atoms with Gasteiger partial charge in [0.15, 0.2) is 5.16 Å². The van der Waals surface area contributed by atoms with E-state index in [0.29, 0.717) is 24.1 Å². The molecule has 18 heavy (non-hydrogen) atoms. The lowest BCUT2D eigenvalue weighted by molar-refractivity contribution is -0.0257. The summed E-state index contributed by atoms with van der Waals surface area (Å²) in [5.74, 6) is 0.517. The Hall–Kier alpha value is -0.690. The third kappa shape index (κ3) is 6.30. The summed E-state index contributed by atoms with van der Waals surface area (Å²) >= 11 is 1.42. The summed E-state index contributed by atoms with van der Waals surface area (Å²) in [6.07, 6.45) is 2.99. The minimum atomic E-state index is -0.529. The van der Waals surface area contributed by atoms with Crippen LogP contribution in [0.15, 0.2) is 17.6 Å². The first-order chi connectivity index (χ1) is 8.61. The van der Waals surface area contributed by atoms with Gasteiger partial charge in [-0.2, -0.15) is 0 Å². The quantitative estimate of drug-likeness (QED) is 0.568. The fraction of sp³-hybridized carbons (Fsp3) is 0.667. The van der Waals surface area contributed by atoms with Crippen LogP contribution in [0, 0.1) is 6.92 Å². The van der Waals surface area contributed by atoms with Crippen LogP contribution in [-0.4, -0.2) is 53.4 Å². The monoisotopic (exact) mass is 272 g/mol. The number of aliphatic hydroxyl groups excluding tert-OH is 1. The van der Waals surface area contributed by atoms with E-state index in [4.69, 9.17) is 9.47 Å². The lowest BCUT2D eigenvalue weighted by atomic mass is 10.4. The maximum absolute atomic E-state index is 9.74. The number of hydrogen-bond acceptors (Lipinski definition) is 6. The number of thioether (sulfide) groups is 1. The molecule has 2 atom stereocenters.